The van der Waals surface area contributed by atoms with Gasteiger partial charge in [0.2, 0.25) is 17.3 Å². The first-order valence-corrected chi connectivity index (χ1v) is 18.2. The number of aliphatic hydroxyl groups is 1. The minimum absolute atomic E-state index is 0.112. The molecule has 59 heavy (non-hydrogen) atoms. The van der Waals surface area contributed by atoms with E-state index in [-0.39, 0.29) is 23.7 Å². The Labute approximate surface area is 341 Å². The summed E-state index contributed by atoms with van der Waals surface area (Å²) in [6.45, 7) is 14.9. The van der Waals surface area contributed by atoms with Crippen molar-refractivity contribution in [2.75, 3.05) is 14.2 Å². The highest BCUT2D eigenvalue weighted by Crippen LogP contribution is 2.27. The molecule has 0 spiro atoms. The van der Waals surface area contributed by atoms with E-state index in [1.54, 1.807) is 32.9 Å². The van der Waals surface area contributed by atoms with E-state index in [1.165, 1.54) is 13.0 Å². The molecule has 4 rings (SSSR count). The number of aliphatic hydroxyl groups excluding tert-OH is 1. The molecule has 4 atom stereocenters. The molecule has 2 heterocycles. The summed E-state index contributed by atoms with van der Waals surface area (Å²) in [6.07, 6.45) is 3.29. The van der Waals surface area contributed by atoms with Crippen LogP contribution in [0.25, 0.3) is 0 Å². The molecule has 4 aromatic rings. The van der Waals surface area contributed by atoms with E-state index in [9.17, 15) is 39.7 Å². The van der Waals surface area contributed by atoms with Crippen LogP contribution < -0.4 is 10.3 Å². The number of carbonyl (C=O) groups is 2. The molecule has 0 aliphatic heterocycles. The van der Waals surface area contributed by atoms with Gasteiger partial charge in [-0.05, 0) is 51.7 Å². The quantitative estimate of drug-likeness (QED) is 0.0449. The number of nitrogens with zero attached hydrogens (tertiary/aromatic N) is 3. The van der Waals surface area contributed by atoms with Crippen LogP contribution in [0, 0.1) is 34.1 Å². The van der Waals surface area contributed by atoms with Crippen LogP contribution in [0.1, 0.15) is 69.9 Å². The number of nitro groups is 2. The number of H-pyrrole nitrogens is 1. The van der Waals surface area contributed by atoms with Gasteiger partial charge in [0.1, 0.15) is 6.10 Å². The van der Waals surface area contributed by atoms with Gasteiger partial charge >= 0.3 is 23.3 Å². The number of pyridine rings is 2. The van der Waals surface area contributed by atoms with Crippen LogP contribution in [-0.4, -0.2) is 75.5 Å². The van der Waals surface area contributed by atoms with E-state index in [1.807, 2.05) is 60.7 Å². The summed E-state index contributed by atoms with van der Waals surface area (Å²) in [4.78, 5) is 60.7. The summed E-state index contributed by atoms with van der Waals surface area (Å²) in [5.74, 6) is -1.74. The van der Waals surface area contributed by atoms with Crippen LogP contribution in [0.3, 0.4) is 0 Å². The summed E-state index contributed by atoms with van der Waals surface area (Å²) < 4.78 is 26.4. The molecule has 2 N–H and O–H groups in total. The van der Waals surface area contributed by atoms with Crippen molar-refractivity contribution in [1.29, 1.82) is 0 Å². The monoisotopic (exact) mass is 818 g/mol. The number of carbonyl (C=O) groups excluding carboxylic acids is 2. The van der Waals surface area contributed by atoms with Crippen molar-refractivity contribution in [2.45, 2.75) is 78.2 Å². The number of nitrogens with one attached hydrogen (secondary N) is 1. The number of esters is 2. The normalized spacial score (nSPS) is 12.4. The zero-order valence-corrected chi connectivity index (χ0v) is 33.8. The van der Waals surface area contributed by atoms with Gasteiger partial charge in [0, 0.05) is 23.3 Å². The van der Waals surface area contributed by atoms with Crippen molar-refractivity contribution in [2.24, 2.45) is 0 Å². The predicted octanol–water partition coefficient (Wildman–Crippen LogP) is 6.92. The second kappa shape index (κ2) is 24.9. The lowest BCUT2D eigenvalue weighted by Crippen LogP contribution is -2.31. The number of benzene rings is 2. The Morgan fingerprint density at radius 1 is 0.797 bits per heavy atom. The van der Waals surface area contributed by atoms with Crippen molar-refractivity contribution >= 4 is 23.3 Å². The maximum atomic E-state index is 11.9. The third-order valence-electron chi connectivity index (χ3n) is 8.29. The Balaban J connectivity index is 0.000000336. The van der Waals surface area contributed by atoms with Crippen LogP contribution in [0.15, 0.2) is 103 Å². The number of methoxy groups -OCH3 is 2. The molecule has 0 saturated carbocycles. The molecule has 0 amide bonds. The first-order chi connectivity index (χ1) is 28.1. The molecule has 316 valence electrons. The minimum atomic E-state index is -0.946. The number of aryl methyl sites for hydroxylation is 2. The van der Waals surface area contributed by atoms with Gasteiger partial charge in [0.25, 0.3) is 5.56 Å². The molecular formula is C42H50N4O13. The third-order valence-corrected chi connectivity index (χ3v) is 8.29. The molecule has 2 aromatic heterocycles. The van der Waals surface area contributed by atoms with E-state index in [2.05, 4.69) is 32.6 Å². The van der Waals surface area contributed by atoms with Crippen molar-refractivity contribution < 1.29 is 48.2 Å². The molecule has 17 heteroatoms. The fraction of sp³-hybridized carbons (Fsp3) is 0.333. The van der Waals surface area contributed by atoms with Crippen LogP contribution in [0.4, 0.5) is 11.4 Å². The SMILES string of the molecule is C=CCC(OCc1ccccc1)[C@@H](C)Oc1nc(C(=O)OC)c([N+](=O)[O-])cc1C.C=CCC(OCc1ccccc1)[C@H](C)O.COC(=O)c1[nH]c(=O)c(C)cc1[N+](=O)[O-]. The zero-order valence-electron chi connectivity index (χ0n) is 33.8. The van der Waals surface area contributed by atoms with Gasteiger partial charge in [0.05, 0.1) is 55.6 Å². The number of rotatable bonds is 18. The number of hydrogen-bond donors (Lipinski definition) is 2. The molecule has 2 unspecified atom stereocenters. The topological polar surface area (TPSA) is 233 Å². The lowest BCUT2D eigenvalue weighted by molar-refractivity contribution is -0.385. The van der Waals surface area contributed by atoms with Gasteiger partial charge in [0.15, 0.2) is 0 Å². The van der Waals surface area contributed by atoms with Crippen molar-refractivity contribution in [3.63, 3.8) is 0 Å². The lowest BCUT2D eigenvalue weighted by atomic mass is 10.1. The highest BCUT2D eigenvalue weighted by Gasteiger charge is 2.28. The summed E-state index contributed by atoms with van der Waals surface area (Å²) in [6, 6.07) is 21.9. The first kappa shape index (κ1) is 48.6. The number of ether oxygens (including phenoxy) is 5. The molecule has 0 radical (unpaired) electrons. The van der Waals surface area contributed by atoms with Crippen molar-refractivity contribution in [3.05, 3.63) is 162 Å². The second-order valence-electron chi connectivity index (χ2n) is 12.8. The van der Waals surface area contributed by atoms with Crippen LogP contribution >= 0.6 is 0 Å². The standard InChI is InChI=1S/C21H24N2O6.C13H18O2.C8H8N2O5/c1-5-9-18(28-13-16-10-7-6-8-11-16)15(3)29-20-14(2)12-17(23(25)26)19(22-20)21(24)27-4;1-3-7-13(11(2)14)15-10-12-8-5-4-6-9-12;1-4-3-5(10(13)14)6(8(12)15-2)9-7(4)11/h5-8,10-12,15,18H,1,9,13H2,2-4H3;3-6,8-9,11,13-14H,1,7,10H2,2H3;3H,1-2H3,(H,9,11)/t15-,18?;11-,13?;/m10./s1. The molecular weight excluding hydrogens is 768 g/mol. The van der Waals surface area contributed by atoms with Gasteiger partial charge in [-0.15, -0.1) is 13.2 Å². The van der Waals surface area contributed by atoms with E-state index >= 15 is 0 Å². The second-order valence-corrected chi connectivity index (χ2v) is 12.8. The molecule has 0 fully saturated rings. The molecule has 0 bridgehead atoms. The van der Waals surface area contributed by atoms with Gasteiger partial charge in [-0.1, -0.05) is 72.8 Å². The van der Waals surface area contributed by atoms with Gasteiger partial charge in [-0.3, -0.25) is 25.0 Å². The molecule has 0 aliphatic rings. The Morgan fingerprint density at radius 3 is 1.73 bits per heavy atom. The fourth-order valence-corrected chi connectivity index (χ4v) is 5.04. The Bertz CT molecular complexity index is 2070. The van der Waals surface area contributed by atoms with Crippen molar-refractivity contribution in [3.8, 4) is 5.88 Å². The predicted molar refractivity (Wildman–Crippen MR) is 218 cm³/mol. The summed E-state index contributed by atoms with van der Waals surface area (Å²) >= 11 is 0. The Morgan fingerprint density at radius 2 is 1.27 bits per heavy atom. The van der Waals surface area contributed by atoms with Gasteiger partial charge in [-0.2, -0.15) is 4.98 Å². The Hall–Kier alpha value is -6.56. The first-order valence-electron chi connectivity index (χ1n) is 18.2. The average molecular weight is 819 g/mol. The highest BCUT2D eigenvalue weighted by molar-refractivity contribution is 5.92. The molecule has 2 aromatic carbocycles. The lowest BCUT2D eigenvalue weighted by Gasteiger charge is -2.24. The smallest absolute Gasteiger partial charge is 0.364 e. The number of aromatic amines is 1. The van der Waals surface area contributed by atoms with Crippen molar-refractivity contribution in [1.82, 2.24) is 9.97 Å². The maximum absolute atomic E-state index is 11.9. The summed E-state index contributed by atoms with van der Waals surface area (Å²) in [7, 11) is 2.21. The van der Waals surface area contributed by atoms with E-state index in [4.69, 9.17) is 14.2 Å². The van der Waals surface area contributed by atoms with E-state index in [0.29, 0.717) is 31.6 Å². The highest BCUT2D eigenvalue weighted by atomic mass is 16.6. The summed E-state index contributed by atoms with van der Waals surface area (Å²) in [5, 5.41) is 31.3. The largest absolute Gasteiger partial charge is 0.472 e. The molecule has 0 aliphatic carbocycles. The van der Waals surface area contributed by atoms with Gasteiger partial charge in [-0.25, -0.2) is 9.59 Å². The Kier molecular flexibility index (Phi) is 20.5. The van der Waals surface area contributed by atoms with Crippen LogP contribution in [-0.2, 0) is 32.2 Å². The average Bonchev–Trinajstić information content (AvgIpc) is 3.22. The molecule has 0 saturated heterocycles. The van der Waals surface area contributed by atoms with Crippen LogP contribution in [0.5, 0.6) is 5.88 Å². The van der Waals surface area contributed by atoms with E-state index < -0.39 is 62.3 Å². The number of hydrogen-bond acceptors (Lipinski definition) is 14. The zero-order chi connectivity index (χ0) is 44.1. The van der Waals surface area contributed by atoms with Crippen LogP contribution in [0.2, 0.25) is 0 Å². The van der Waals surface area contributed by atoms with E-state index in [0.717, 1.165) is 31.4 Å². The fourth-order valence-electron chi connectivity index (χ4n) is 5.04. The minimum Gasteiger partial charge on any atom is -0.472 e. The maximum Gasteiger partial charge on any atom is 0.364 e. The number of aromatic nitrogens is 2. The van der Waals surface area contributed by atoms with Gasteiger partial charge < -0.3 is 33.8 Å². The summed E-state index contributed by atoms with van der Waals surface area (Å²) in [5.41, 5.74) is 0.413. The third kappa shape index (κ3) is 15.7. The molecule has 17 nitrogen and oxygen atoms in total.